The third kappa shape index (κ3) is 211. The molecule has 0 atom stereocenters. The summed E-state index contributed by atoms with van der Waals surface area (Å²) in [6.07, 6.45) is 3.50. The topological polar surface area (TPSA) is 12.9 Å². The zero-order valence-corrected chi connectivity index (χ0v) is 17.8. The first-order valence-electron chi connectivity index (χ1n) is 7.41. The smallest absolute Gasteiger partial charge is 0.0267 e. The molecule has 0 N–H and O–H groups in total. The van der Waals surface area contributed by atoms with Crippen molar-refractivity contribution in [1.29, 1.82) is 0 Å². The molecule has 22 heavy (non-hydrogen) atoms. The Morgan fingerprint density at radius 1 is 0.545 bits per heavy atom. The standard InChI is InChI=1S/C5H5N.3C5H11.V/c1-2-4-6-5-3-1;3*1-5(2,3)4;/h1-5H;3*1H2,2-4H3;/q;3*-1;. The van der Waals surface area contributed by atoms with E-state index in [-0.39, 0.29) is 34.8 Å². The van der Waals surface area contributed by atoms with Crippen LogP contribution >= 0.6 is 0 Å². The van der Waals surface area contributed by atoms with E-state index in [0.717, 1.165) is 0 Å². The van der Waals surface area contributed by atoms with Gasteiger partial charge in [-0.1, -0.05) is 68.4 Å². The summed E-state index contributed by atoms with van der Waals surface area (Å²) in [5.41, 5.74) is 0.750. The van der Waals surface area contributed by atoms with E-state index in [9.17, 15) is 0 Å². The van der Waals surface area contributed by atoms with Crippen molar-refractivity contribution < 1.29 is 18.6 Å². The summed E-state index contributed by atoms with van der Waals surface area (Å²) >= 11 is 0. The molecule has 0 aliphatic carbocycles. The van der Waals surface area contributed by atoms with Gasteiger partial charge in [-0.3, -0.25) is 4.98 Å². The Bertz CT molecular complexity index is 226. The van der Waals surface area contributed by atoms with E-state index < -0.39 is 0 Å². The van der Waals surface area contributed by atoms with Crippen molar-refractivity contribution in [2.75, 3.05) is 0 Å². The second-order valence-electron chi connectivity index (χ2n) is 8.71. The van der Waals surface area contributed by atoms with Crippen LogP contribution in [0.15, 0.2) is 30.6 Å². The Labute approximate surface area is 153 Å². The van der Waals surface area contributed by atoms with Crippen molar-refractivity contribution >= 4 is 0 Å². The van der Waals surface area contributed by atoms with E-state index in [1.165, 1.54) is 0 Å². The molecule has 1 nitrogen and oxygen atoms in total. The second kappa shape index (κ2) is 14.3. The quantitative estimate of drug-likeness (QED) is 0.479. The first-order valence-corrected chi connectivity index (χ1v) is 7.41. The Balaban J connectivity index is -0.0000000973. The summed E-state index contributed by atoms with van der Waals surface area (Å²) in [5.74, 6) is 0. The Kier molecular flexibility index (Phi) is 19.4. The Morgan fingerprint density at radius 3 is 0.773 bits per heavy atom. The molecule has 2 heteroatoms. The summed E-state index contributed by atoms with van der Waals surface area (Å²) in [5, 5.41) is 0. The second-order valence-corrected chi connectivity index (χ2v) is 8.71. The van der Waals surface area contributed by atoms with E-state index >= 15 is 0 Å². The summed E-state index contributed by atoms with van der Waals surface area (Å²) < 4.78 is 0. The van der Waals surface area contributed by atoms with Crippen LogP contribution in [0.1, 0.15) is 62.3 Å². The van der Waals surface area contributed by atoms with Gasteiger partial charge in [0.15, 0.2) is 0 Å². The minimum absolute atomic E-state index is 0. The third-order valence-electron chi connectivity index (χ3n) is 0.566. The van der Waals surface area contributed by atoms with E-state index in [1.54, 1.807) is 12.4 Å². The van der Waals surface area contributed by atoms with Crippen LogP contribution in [0.25, 0.3) is 0 Å². The number of rotatable bonds is 0. The molecule has 0 unspecified atom stereocenters. The number of hydrogen-bond acceptors (Lipinski definition) is 1. The third-order valence-corrected chi connectivity index (χ3v) is 0.566. The summed E-state index contributed by atoms with van der Waals surface area (Å²) in [7, 11) is 0. The minimum Gasteiger partial charge on any atom is -0.338 e. The molecule has 0 saturated carbocycles. The van der Waals surface area contributed by atoms with Gasteiger partial charge in [0.2, 0.25) is 0 Å². The summed E-state index contributed by atoms with van der Waals surface area (Å²) in [4.78, 5) is 3.78. The van der Waals surface area contributed by atoms with Gasteiger partial charge in [-0.2, -0.15) is 16.2 Å². The minimum atomic E-state index is 0. The Hall–Kier alpha value is -0.266. The zero-order chi connectivity index (χ0) is 17.7. The molecule has 131 valence electrons. The molecule has 0 aliphatic rings. The largest absolute Gasteiger partial charge is 0.338 e. The van der Waals surface area contributed by atoms with Crippen LogP contribution in [0.3, 0.4) is 0 Å². The normalized spacial score (nSPS) is 10.4. The van der Waals surface area contributed by atoms with Gasteiger partial charge in [-0.05, 0) is 12.1 Å². The molecule has 1 rings (SSSR count). The van der Waals surface area contributed by atoms with Crippen molar-refractivity contribution in [2.24, 2.45) is 16.2 Å². The van der Waals surface area contributed by atoms with Crippen LogP contribution in [0.4, 0.5) is 0 Å². The van der Waals surface area contributed by atoms with E-state index in [1.807, 2.05) is 18.2 Å². The van der Waals surface area contributed by atoms with Gasteiger partial charge >= 0.3 is 0 Å². The van der Waals surface area contributed by atoms with E-state index in [2.05, 4.69) is 88.1 Å². The van der Waals surface area contributed by atoms with E-state index in [4.69, 9.17) is 0 Å². The van der Waals surface area contributed by atoms with Crippen LogP contribution in [-0.4, -0.2) is 4.98 Å². The molecular formula is C20H38NV-3. The fourth-order valence-electron chi connectivity index (χ4n) is 0.313. The SMILES string of the molecule is [CH2-]C(C)(C)C.[CH2-]C(C)(C)C.[CH2-]C(C)(C)C.[V].c1ccncc1. The van der Waals surface area contributed by atoms with Crippen LogP contribution in [-0.2, 0) is 18.6 Å². The first-order chi connectivity index (χ1) is 9.00. The number of nitrogens with zero attached hydrogens (tertiary/aromatic N) is 1. The maximum Gasteiger partial charge on any atom is 0.0267 e. The van der Waals surface area contributed by atoms with Crippen LogP contribution in [0, 0.1) is 37.0 Å². The van der Waals surface area contributed by atoms with Crippen molar-refractivity contribution in [3.63, 3.8) is 0 Å². The molecule has 0 saturated heterocycles. The maximum atomic E-state index is 3.78. The fraction of sp³-hybridized carbons (Fsp3) is 0.600. The van der Waals surface area contributed by atoms with Gasteiger partial charge in [0, 0.05) is 30.9 Å². The van der Waals surface area contributed by atoms with Gasteiger partial charge < -0.3 is 20.8 Å². The van der Waals surface area contributed by atoms with Gasteiger partial charge in [0.25, 0.3) is 0 Å². The molecule has 0 bridgehead atoms. The molecule has 1 aromatic heterocycles. The van der Waals surface area contributed by atoms with Crippen molar-refractivity contribution in [3.8, 4) is 0 Å². The molecule has 0 aromatic carbocycles. The average molecular weight is 343 g/mol. The number of pyridine rings is 1. The molecule has 0 spiro atoms. The van der Waals surface area contributed by atoms with Gasteiger partial charge in [-0.15, -0.1) is 0 Å². The van der Waals surface area contributed by atoms with Gasteiger partial charge in [-0.25, -0.2) is 0 Å². The monoisotopic (exact) mass is 343 g/mol. The van der Waals surface area contributed by atoms with Crippen molar-refractivity contribution in [3.05, 3.63) is 51.4 Å². The van der Waals surface area contributed by atoms with Crippen molar-refractivity contribution in [2.45, 2.75) is 62.3 Å². The van der Waals surface area contributed by atoms with Gasteiger partial charge in [0.05, 0.1) is 0 Å². The predicted molar refractivity (Wildman–Crippen MR) is 98.7 cm³/mol. The van der Waals surface area contributed by atoms with Crippen molar-refractivity contribution in [1.82, 2.24) is 4.98 Å². The summed E-state index contributed by atoms with van der Waals surface area (Å²) in [6.45, 7) is 30.0. The predicted octanol–water partition coefficient (Wildman–Crippen LogP) is 6.68. The average Bonchev–Trinajstić information content (AvgIpc) is 2.12. The Morgan fingerprint density at radius 2 is 0.727 bits per heavy atom. The maximum absolute atomic E-state index is 3.78. The van der Waals surface area contributed by atoms with Crippen LogP contribution in [0.5, 0.6) is 0 Å². The molecule has 0 fully saturated rings. The summed E-state index contributed by atoms with van der Waals surface area (Å²) in [6, 6.07) is 5.72. The number of hydrogen-bond donors (Lipinski definition) is 0. The zero-order valence-electron chi connectivity index (χ0n) is 16.4. The van der Waals surface area contributed by atoms with E-state index in [0.29, 0.717) is 0 Å². The first kappa shape index (κ1) is 29.7. The van der Waals surface area contributed by atoms with Crippen LogP contribution < -0.4 is 0 Å². The molecular weight excluding hydrogens is 305 g/mol. The van der Waals surface area contributed by atoms with Gasteiger partial charge in [0.1, 0.15) is 0 Å². The van der Waals surface area contributed by atoms with Crippen LogP contribution in [0.2, 0.25) is 0 Å². The molecule has 1 aromatic rings. The fourth-order valence-corrected chi connectivity index (χ4v) is 0.313. The molecule has 1 radical (unpaired) electrons. The molecule has 0 aliphatic heterocycles. The molecule has 1 heterocycles. The molecule has 0 amide bonds. The number of aromatic nitrogens is 1.